The van der Waals surface area contributed by atoms with Crippen molar-refractivity contribution < 1.29 is 19.1 Å². The summed E-state index contributed by atoms with van der Waals surface area (Å²) in [4.78, 5) is 28.2. The van der Waals surface area contributed by atoms with Crippen LogP contribution in [0.1, 0.15) is 72.3 Å². The Hall–Kier alpha value is -1.93. The van der Waals surface area contributed by atoms with E-state index in [2.05, 4.69) is 36.7 Å². The quantitative estimate of drug-likeness (QED) is 0.291. The van der Waals surface area contributed by atoms with Crippen LogP contribution >= 0.6 is 23.2 Å². The number of amides is 2. The zero-order valence-electron chi connectivity index (χ0n) is 24.0. The fourth-order valence-electron chi connectivity index (χ4n) is 6.92. The number of halogens is 3. The predicted molar refractivity (Wildman–Crippen MR) is 159 cm³/mol. The van der Waals surface area contributed by atoms with E-state index in [0.717, 1.165) is 5.56 Å². The molecular weight excluding hydrogens is 552 g/mol. The van der Waals surface area contributed by atoms with Crippen molar-refractivity contribution >= 4 is 40.7 Å². The van der Waals surface area contributed by atoms with Crippen LogP contribution in [0.5, 0.6) is 0 Å². The number of fused-ring (bicyclic) bond motifs is 2. The van der Waals surface area contributed by atoms with Crippen molar-refractivity contribution in [2.45, 2.75) is 95.9 Å². The van der Waals surface area contributed by atoms with E-state index >= 15 is 0 Å². The van der Waals surface area contributed by atoms with E-state index < -0.39 is 29.7 Å². The third kappa shape index (κ3) is 6.28. The Morgan fingerprint density at radius 2 is 1.98 bits per heavy atom. The maximum Gasteiger partial charge on any atom is 0.237 e. The van der Waals surface area contributed by atoms with Gasteiger partial charge in [0, 0.05) is 33.7 Å². The minimum atomic E-state index is -1.04. The Bertz CT molecular complexity index is 1180. The standard InChI is InChI=1S/C31H42Cl2FN3O3/c1-18(7-6-8-20(33)17-34)25-26(27(38)35-21-11-13-30(5,40)14-12-21)37-24(16-29(2,3)4)31(25)22-10-9-19(32)15-23(22)36-28(31)39/h6-10,15,18,21,24-26,37,40H,11-14,16-17H2,1-5H3,(H,35,38)(H,36,39)/b7-6-,20-8+/t18?,21?,24-,25-,26+,30?,31+/m0/s1. The van der Waals surface area contributed by atoms with E-state index in [4.69, 9.17) is 23.2 Å². The topological polar surface area (TPSA) is 90.5 Å². The molecule has 0 bridgehead atoms. The molecule has 1 aromatic carbocycles. The number of carbonyl (C=O) groups excluding carboxylic acids is 2. The van der Waals surface area contributed by atoms with Gasteiger partial charge in [0.05, 0.1) is 17.1 Å². The number of hydrogen-bond donors (Lipinski definition) is 4. The van der Waals surface area contributed by atoms with E-state index in [9.17, 15) is 19.1 Å². The zero-order chi connectivity index (χ0) is 29.5. The van der Waals surface area contributed by atoms with Gasteiger partial charge in [-0.15, -0.1) is 0 Å². The van der Waals surface area contributed by atoms with Crippen molar-refractivity contribution in [1.82, 2.24) is 10.6 Å². The molecular formula is C31H42Cl2FN3O3. The van der Waals surface area contributed by atoms with Gasteiger partial charge < -0.3 is 21.1 Å². The van der Waals surface area contributed by atoms with Crippen molar-refractivity contribution in [2.75, 3.05) is 12.0 Å². The molecule has 6 nitrogen and oxygen atoms in total. The first-order valence-corrected chi connectivity index (χ1v) is 14.9. The number of hydrogen-bond acceptors (Lipinski definition) is 4. The fraction of sp³-hybridized carbons (Fsp3) is 0.613. The number of anilines is 1. The van der Waals surface area contributed by atoms with E-state index in [-0.39, 0.29) is 40.3 Å². The molecule has 4 rings (SSSR count). The number of nitrogens with one attached hydrogen (secondary N) is 3. The van der Waals surface area contributed by atoms with Crippen LogP contribution in [-0.2, 0) is 15.0 Å². The van der Waals surface area contributed by atoms with Gasteiger partial charge in [-0.05, 0) is 74.1 Å². The van der Waals surface area contributed by atoms with Crippen LogP contribution in [-0.4, -0.2) is 47.3 Å². The van der Waals surface area contributed by atoms with Crippen LogP contribution in [0.4, 0.5) is 10.1 Å². The average Bonchev–Trinajstić information content (AvgIpc) is 3.34. The lowest BCUT2D eigenvalue weighted by Crippen LogP contribution is -2.53. The summed E-state index contributed by atoms with van der Waals surface area (Å²) in [7, 11) is 0. The van der Waals surface area contributed by atoms with Crippen molar-refractivity contribution in [2.24, 2.45) is 17.3 Å². The maximum atomic E-state index is 14.2. The fourth-order valence-corrected chi connectivity index (χ4v) is 7.16. The molecule has 9 heteroatoms. The summed E-state index contributed by atoms with van der Waals surface area (Å²) in [5.74, 6) is -1.02. The highest BCUT2D eigenvalue weighted by atomic mass is 35.5. The maximum absolute atomic E-state index is 14.2. The monoisotopic (exact) mass is 593 g/mol. The normalized spacial score (nSPS) is 33.3. The molecule has 1 unspecified atom stereocenters. The van der Waals surface area contributed by atoms with Crippen molar-refractivity contribution in [3.05, 3.63) is 52.0 Å². The van der Waals surface area contributed by atoms with Gasteiger partial charge in [0.15, 0.2) is 0 Å². The first kappa shape index (κ1) is 31.0. The number of allylic oxidation sites excluding steroid dienone is 4. The largest absolute Gasteiger partial charge is 0.390 e. The molecule has 2 heterocycles. The van der Waals surface area contributed by atoms with Crippen LogP contribution < -0.4 is 16.0 Å². The van der Waals surface area contributed by atoms with Crippen molar-refractivity contribution in [1.29, 1.82) is 0 Å². The Morgan fingerprint density at radius 3 is 2.60 bits per heavy atom. The molecule has 2 fully saturated rings. The van der Waals surface area contributed by atoms with E-state index in [1.165, 1.54) is 6.08 Å². The van der Waals surface area contributed by atoms with E-state index in [1.807, 2.05) is 26.0 Å². The Morgan fingerprint density at radius 1 is 1.30 bits per heavy atom. The minimum absolute atomic E-state index is 0.0477. The van der Waals surface area contributed by atoms with Gasteiger partial charge in [-0.3, -0.25) is 9.59 Å². The smallest absolute Gasteiger partial charge is 0.237 e. The zero-order valence-corrected chi connectivity index (χ0v) is 25.5. The summed E-state index contributed by atoms with van der Waals surface area (Å²) in [5, 5.41) is 20.9. The average molecular weight is 595 g/mol. The highest BCUT2D eigenvalue weighted by Gasteiger charge is 2.66. The van der Waals surface area contributed by atoms with Crippen LogP contribution in [0.25, 0.3) is 0 Å². The molecule has 1 aromatic rings. The summed E-state index contributed by atoms with van der Waals surface area (Å²) in [6.07, 6.45) is 8.37. The Kier molecular flexibility index (Phi) is 9.11. The van der Waals surface area contributed by atoms with Crippen molar-refractivity contribution in [3.63, 3.8) is 0 Å². The molecule has 3 aliphatic rings. The lowest BCUT2D eigenvalue weighted by molar-refractivity contribution is -0.127. The summed E-state index contributed by atoms with van der Waals surface area (Å²) >= 11 is 12.2. The van der Waals surface area contributed by atoms with Crippen LogP contribution in [0.15, 0.2) is 41.5 Å². The van der Waals surface area contributed by atoms with Gasteiger partial charge in [0.25, 0.3) is 0 Å². The molecule has 1 spiro atoms. The lowest BCUT2D eigenvalue weighted by Gasteiger charge is -2.39. The van der Waals surface area contributed by atoms with Gasteiger partial charge in [0.1, 0.15) is 6.67 Å². The van der Waals surface area contributed by atoms with Crippen molar-refractivity contribution in [3.8, 4) is 0 Å². The van der Waals surface area contributed by atoms with Gasteiger partial charge in [-0.1, -0.05) is 69.1 Å². The van der Waals surface area contributed by atoms with Crippen LogP contribution in [0, 0.1) is 17.3 Å². The Labute approximate surface area is 247 Å². The highest BCUT2D eigenvalue weighted by Crippen LogP contribution is 2.55. The van der Waals surface area contributed by atoms with Gasteiger partial charge >= 0.3 is 0 Å². The molecule has 1 saturated carbocycles. The molecule has 5 atom stereocenters. The molecule has 0 radical (unpaired) electrons. The third-order valence-electron chi connectivity index (χ3n) is 8.76. The molecule has 1 aliphatic carbocycles. The second-order valence-electron chi connectivity index (χ2n) is 13.3. The summed E-state index contributed by atoms with van der Waals surface area (Å²) in [6.45, 7) is 9.43. The second-order valence-corrected chi connectivity index (χ2v) is 14.2. The third-order valence-corrected chi connectivity index (χ3v) is 9.22. The highest BCUT2D eigenvalue weighted by molar-refractivity contribution is 6.31. The number of alkyl halides is 1. The SMILES string of the molecule is CC(/C=C\C=C(\Cl)CF)[C@H]1[C@H](C(=O)NC2CCC(C)(O)CC2)N[C@@H](CC(C)(C)C)[C@@]12C(=O)Nc1cc(Cl)ccc12. The molecule has 220 valence electrons. The molecule has 0 aromatic heterocycles. The van der Waals surface area contributed by atoms with E-state index in [1.54, 1.807) is 18.2 Å². The lowest BCUT2D eigenvalue weighted by atomic mass is 9.61. The molecule has 40 heavy (non-hydrogen) atoms. The summed E-state index contributed by atoms with van der Waals surface area (Å²) in [5.41, 5.74) is -0.396. The number of carbonyl (C=O) groups is 2. The Balaban J connectivity index is 1.79. The first-order chi connectivity index (χ1) is 18.7. The molecule has 1 saturated heterocycles. The molecule has 4 N–H and O–H groups in total. The molecule has 2 amide bonds. The molecule has 2 aliphatic heterocycles. The predicted octanol–water partition coefficient (Wildman–Crippen LogP) is 6.02. The van der Waals surface area contributed by atoms with Gasteiger partial charge in [-0.2, -0.15) is 0 Å². The second kappa shape index (κ2) is 11.7. The number of benzene rings is 1. The van der Waals surface area contributed by atoms with E-state index in [0.29, 0.717) is 42.8 Å². The van der Waals surface area contributed by atoms with Gasteiger partial charge in [0.2, 0.25) is 11.8 Å². The summed E-state index contributed by atoms with van der Waals surface area (Å²) < 4.78 is 13.0. The van der Waals surface area contributed by atoms with Crippen LogP contribution in [0.3, 0.4) is 0 Å². The minimum Gasteiger partial charge on any atom is -0.390 e. The van der Waals surface area contributed by atoms with Gasteiger partial charge in [-0.25, -0.2) is 4.39 Å². The number of rotatable bonds is 7. The van der Waals surface area contributed by atoms with Crippen LogP contribution in [0.2, 0.25) is 5.02 Å². The first-order valence-electron chi connectivity index (χ1n) is 14.2. The summed E-state index contributed by atoms with van der Waals surface area (Å²) in [6, 6.07) is 4.42. The number of aliphatic hydroxyl groups is 1.